The number of hydrogen-bond acceptors (Lipinski definition) is 4. The van der Waals surface area contributed by atoms with Gasteiger partial charge >= 0.3 is 11.9 Å². The van der Waals surface area contributed by atoms with E-state index in [0.717, 1.165) is 0 Å². The van der Waals surface area contributed by atoms with Gasteiger partial charge in [0.1, 0.15) is 0 Å². The van der Waals surface area contributed by atoms with Crippen LogP contribution in [-0.4, -0.2) is 37.5 Å². The van der Waals surface area contributed by atoms with E-state index in [0.29, 0.717) is 5.56 Å². The Morgan fingerprint density at radius 2 is 2.05 bits per heavy atom. The summed E-state index contributed by atoms with van der Waals surface area (Å²) in [4.78, 5) is 24.0. The zero-order chi connectivity index (χ0) is 14.4. The fraction of sp³-hybridized carbons (Fsp3) is 0.385. The third kappa shape index (κ3) is 3.94. The van der Waals surface area contributed by atoms with Gasteiger partial charge in [0.15, 0.2) is 11.6 Å². The number of ether oxygens (including phenoxy) is 2. The first-order chi connectivity index (χ1) is 8.99. The molecule has 1 aromatic rings. The van der Waals surface area contributed by atoms with Crippen LogP contribution in [0.25, 0.3) is 0 Å². The molecule has 104 valence electrons. The molecule has 6 heteroatoms. The predicted molar refractivity (Wildman–Crippen MR) is 66.1 cm³/mol. The lowest BCUT2D eigenvalue weighted by Crippen LogP contribution is -2.34. The van der Waals surface area contributed by atoms with Crippen molar-refractivity contribution in [2.24, 2.45) is 0 Å². The maximum atomic E-state index is 13.5. The van der Waals surface area contributed by atoms with Crippen molar-refractivity contribution in [3.05, 3.63) is 29.6 Å². The number of hydrogen-bond donors (Lipinski definition) is 0. The molecule has 1 rings (SSSR count). The van der Waals surface area contributed by atoms with Crippen LogP contribution in [0.2, 0.25) is 0 Å². The van der Waals surface area contributed by atoms with Gasteiger partial charge in [0.25, 0.3) is 0 Å². The highest BCUT2D eigenvalue weighted by Gasteiger charge is 2.20. The second-order valence-electron chi connectivity index (χ2n) is 3.85. The monoisotopic (exact) mass is 269 g/mol. The quantitative estimate of drug-likeness (QED) is 0.611. The van der Waals surface area contributed by atoms with E-state index in [1.54, 1.807) is 13.0 Å². The van der Waals surface area contributed by atoms with Gasteiger partial charge in [-0.15, -0.1) is 0 Å². The SMILES string of the molecule is CCOC(=O)C(=O)N(C)Cc1ccc(OC)c(F)c1. The number of esters is 1. The number of amides is 1. The van der Waals surface area contributed by atoms with Gasteiger partial charge in [0.2, 0.25) is 0 Å². The Bertz CT molecular complexity index is 476. The van der Waals surface area contributed by atoms with E-state index in [9.17, 15) is 14.0 Å². The molecule has 0 spiro atoms. The van der Waals surface area contributed by atoms with Gasteiger partial charge in [-0.1, -0.05) is 6.07 Å². The summed E-state index contributed by atoms with van der Waals surface area (Å²) in [7, 11) is 2.82. The Hall–Kier alpha value is -2.11. The van der Waals surface area contributed by atoms with Crippen LogP contribution >= 0.6 is 0 Å². The van der Waals surface area contributed by atoms with E-state index in [2.05, 4.69) is 4.74 Å². The maximum absolute atomic E-state index is 13.5. The zero-order valence-corrected chi connectivity index (χ0v) is 11.1. The normalized spacial score (nSPS) is 9.89. The molecule has 19 heavy (non-hydrogen) atoms. The Labute approximate surface area is 110 Å². The molecule has 0 heterocycles. The summed E-state index contributed by atoms with van der Waals surface area (Å²) in [5.74, 6) is -2.07. The minimum Gasteiger partial charge on any atom is -0.494 e. The molecule has 0 radical (unpaired) electrons. The molecule has 0 saturated heterocycles. The summed E-state index contributed by atoms with van der Waals surface area (Å²) in [6.07, 6.45) is 0. The lowest BCUT2D eigenvalue weighted by molar-refractivity contribution is -0.159. The van der Waals surface area contributed by atoms with Crippen molar-refractivity contribution in [3.63, 3.8) is 0 Å². The fourth-order valence-corrected chi connectivity index (χ4v) is 1.50. The number of methoxy groups -OCH3 is 1. The molecular weight excluding hydrogens is 253 g/mol. The average Bonchev–Trinajstić information content (AvgIpc) is 2.38. The number of rotatable bonds is 4. The van der Waals surface area contributed by atoms with Gasteiger partial charge in [-0.05, 0) is 24.6 Å². The van der Waals surface area contributed by atoms with Crippen LogP contribution in [0.1, 0.15) is 12.5 Å². The summed E-state index contributed by atoms with van der Waals surface area (Å²) >= 11 is 0. The summed E-state index contributed by atoms with van der Waals surface area (Å²) in [6.45, 7) is 1.86. The number of likely N-dealkylation sites (N-methyl/N-ethyl adjacent to an activating group) is 1. The highest BCUT2D eigenvalue weighted by atomic mass is 19.1. The van der Waals surface area contributed by atoms with Crippen LogP contribution in [0.5, 0.6) is 5.75 Å². The largest absolute Gasteiger partial charge is 0.494 e. The minimum absolute atomic E-state index is 0.110. The molecule has 0 saturated carbocycles. The molecule has 0 fully saturated rings. The van der Waals surface area contributed by atoms with Crippen molar-refractivity contribution in [1.29, 1.82) is 0 Å². The van der Waals surface area contributed by atoms with Crippen molar-refractivity contribution in [3.8, 4) is 5.75 Å². The first-order valence-corrected chi connectivity index (χ1v) is 5.74. The number of benzene rings is 1. The minimum atomic E-state index is -0.918. The number of nitrogens with zero attached hydrogens (tertiary/aromatic N) is 1. The number of halogens is 1. The van der Waals surface area contributed by atoms with Crippen LogP contribution in [0.15, 0.2) is 18.2 Å². The van der Waals surface area contributed by atoms with E-state index in [1.165, 1.54) is 31.2 Å². The molecule has 0 aliphatic heterocycles. The lowest BCUT2D eigenvalue weighted by atomic mass is 10.2. The summed E-state index contributed by atoms with van der Waals surface area (Å²) < 4.78 is 22.9. The fourth-order valence-electron chi connectivity index (χ4n) is 1.50. The van der Waals surface area contributed by atoms with Crippen molar-refractivity contribution >= 4 is 11.9 Å². The summed E-state index contributed by atoms with van der Waals surface area (Å²) in [5.41, 5.74) is 0.554. The molecule has 0 unspecified atom stereocenters. The van der Waals surface area contributed by atoms with E-state index in [-0.39, 0.29) is 18.9 Å². The molecule has 0 aliphatic rings. The van der Waals surface area contributed by atoms with Crippen molar-refractivity contribution in [1.82, 2.24) is 4.90 Å². The molecule has 0 N–H and O–H groups in total. The van der Waals surface area contributed by atoms with E-state index >= 15 is 0 Å². The Balaban J connectivity index is 2.71. The van der Waals surface area contributed by atoms with Gasteiger partial charge in [-0.2, -0.15) is 0 Å². The molecular formula is C13H16FNO4. The predicted octanol–water partition coefficient (Wildman–Crippen LogP) is 1.36. The van der Waals surface area contributed by atoms with Crippen LogP contribution in [0.3, 0.4) is 0 Å². The smallest absolute Gasteiger partial charge is 0.397 e. The first kappa shape index (κ1) is 14.9. The van der Waals surface area contributed by atoms with Crippen molar-refractivity contribution in [2.75, 3.05) is 20.8 Å². The second kappa shape index (κ2) is 6.72. The number of carbonyl (C=O) groups is 2. The first-order valence-electron chi connectivity index (χ1n) is 5.74. The summed E-state index contributed by atoms with van der Waals surface area (Å²) in [5, 5.41) is 0. The van der Waals surface area contributed by atoms with Crippen molar-refractivity contribution in [2.45, 2.75) is 13.5 Å². The topological polar surface area (TPSA) is 55.8 Å². The molecule has 1 aromatic carbocycles. The second-order valence-corrected chi connectivity index (χ2v) is 3.85. The molecule has 1 amide bonds. The van der Waals surface area contributed by atoms with Gasteiger partial charge in [0.05, 0.1) is 13.7 Å². The molecule has 0 aromatic heterocycles. The van der Waals surface area contributed by atoms with Crippen LogP contribution in [0.4, 0.5) is 4.39 Å². The average molecular weight is 269 g/mol. The zero-order valence-electron chi connectivity index (χ0n) is 11.1. The van der Waals surface area contributed by atoms with E-state index < -0.39 is 17.7 Å². The van der Waals surface area contributed by atoms with E-state index in [1.807, 2.05) is 0 Å². The van der Waals surface area contributed by atoms with Gasteiger partial charge in [-0.25, -0.2) is 9.18 Å². The van der Waals surface area contributed by atoms with Gasteiger partial charge in [-0.3, -0.25) is 4.79 Å². The van der Waals surface area contributed by atoms with Gasteiger partial charge in [0, 0.05) is 13.6 Å². The highest BCUT2D eigenvalue weighted by Crippen LogP contribution is 2.18. The van der Waals surface area contributed by atoms with E-state index in [4.69, 9.17) is 4.74 Å². The van der Waals surface area contributed by atoms with Crippen molar-refractivity contribution < 1.29 is 23.5 Å². The highest BCUT2D eigenvalue weighted by molar-refractivity contribution is 6.32. The summed E-state index contributed by atoms with van der Waals surface area (Å²) in [6, 6.07) is 4.35. The third-order valence-corrected chi connectivity index (χ3v) is 2.43. The number of carbonyl (C=O) groups excluding carboxylic acids is 2. The third-order valence-electron chi connectivity index (χ3n) is 2.43. The van der Waals surface area contributed by atoms with Crippen LogP contribution < -0.4 is 4.74 Å². The van der Waals surface area contributed by atoms with Gasteiger partial charge < -0.3 is 14.4 Å². The molecule has 0 bridgehead atoms. The van der Waals surface area contributed by atoms with Crippen LogP contribution in [-0.2, 0) is 20.9 Å². The molecule has 0 aliphatic carbocycles. The standard InChI is InChI=1S/C13H16FNO4/c1-4-19-13(17)12(16)15(2)8-9-5-6-11(18-3)10(14)7-9/h5-7H,4,8H2,1-3H3. The van der Waals surface area contributed by atoms with Crippen LogP contribution in [0, 0.1) is 5.82 Å². The Morgan fingerprint density at radius 3 is 2.58 bits per heavy atom. The Kier molecular flexibility index (Phi) is 5.29. The maximum Gasteiger partial charge on any atom is 0.397 e. The Morgan fingerprint density at radius 1 is 1.37 bits per heavy atom. The lowest BCUT2D eigenvalue weighted by Gasteiger charge is -2.16. The molecule has 0 atom stereocenters. The molecule has 5 nitrogen and oxygen atoms in total.